The number of nitrogens with one attached hydrogen (secondary N) is 1. The van der Waals surface area contributed by atoms with E-state index < -0.39 is 50.2 Å². The van der Waals surface area contributed by atoms with Crippen LogP contribution in [-0.4, -0.2) is 33.2 Å². The highest BCUT2D eigenvalue weighted by Gasteiger charge is 2.56. The number of hydrogen-bond acceptors (Lipinski definition) is 7. The number of aliphatic hydroxyl groups is 1. The third-order valence-electron chi connectivity index (χ3n) is 4.12. The second-order valence-electron chi connectivity index (χ2n) is 6.02. The van der Waals surface area contributed by atoms with Crippen molar-refractivity contribution in [2.75, 3.05) is 6.61 Å². The summed E-state index contributed by atoms with van der Waals surface area (Å²) in [6.07, 6.45) is -1.71. The fraction of sp³-hybridized carbons (Fsp3) is 0.375. The van der Waals surface area contributed by atoms with Crippen molar-refractivity contribution in [2.24, 2.45) is 5.92 Å². The van der Waals surface area contributed by atoms with E-state index in [1.807, 2.05) is 4.98 Å². The van der Waals surface area contributed by atoms with Crippen molar-refractivity contribution in [2.45, 2.75) is 25.1 Å². The molecule has 0 saturated carbocycles. The molecule has 1 aromatic heterocycles. The summed E-state index contributed by atoms with van der Waals surface area (Å²) in [6, 6.07) is 9.22. The highest BCUT2D eigenvalue weighted by atomic mass is 31.1. The Hall–Kier alpha value is -2.39. The number of aliphatic hydroxyl groups excluding tert-OH is 1. The third-order valence-corrected chi connectivity index (χ3v) is 4.82. The summed E-state index contributed by atoms with van der Waals surface area (Å²) < 4.78 is 42.9. The van der Waals surface area contributed by atoms with Gasteiger partial charge in [0.05, 0.1) is 0 Å². The van der Waals surface area contributed by atoms with Crippen LogP contribution in [0.4, 0.5) is 4.39 Å². The maximum atomic E-state index is 15.0. The lowest BCUT2D eigenvalue weighted by Gasteiger charge is -2.20. The van der Waals surface area contributed by atoms with Crippen molar-refractivity contribution >= 4 is 8.25 Å². The number of rotatable bonds is 6. The van der Waals surface area contributed by atoms with Crippen LogP contribution < -0.4 is 15.8 Å². The number of benzene rings is 1. The van der Waals surface area contributed by atoms with Gasteiger partial charge in [-0.25, -0.2) is 13.7 Å². The molecule has 3 rings (SSSR count). The van der Waals surface area contributed by atoms with Crippen molar-refractivity contribution in [3.63, 3.8) is 0 Å². The summed E-state index contributed by atoms with van der Waals surface area (Å²) in [7, 11) is -2.71. The molecule has 144 valence electrons. The number of nitrogens with zero attached hydrogens (tertiary/aromatic N) is 1. The van der Waals surface area contributed by atoms with Crippen LogP contribution in [0.3, 0.4) is 0 Å². The van der Waals surface area contributed by atoms with Crippen LogP contribution in [0.15, 0.2) is 52.2 Å². The number of aromatic amines is 1. The minimum Gasteiger partial charge on any atom is -0.387 e. The average molecular weight is 399 g/mol. The van der Waals surface area contributed by atoms with Crippen molar-refractivity contribution in [3.05, 3.63) is 63.4 Å². The minimum atomic E-state index is -2.72. The molecule has 1 aliphatic rings. The van der Waals surface area contributed by atoms with Gasteiger partial charge < -0.3 is 9.84 Å². The van der Waals surface area contributed by atoms with Gasteiger partial charge in [-0.1, -0.05) is 25.1 Å². The number of hydrogen-bond donors (Lipinski definition) is 2. The second kappa shape index (κ2) is 7.69. The zero-order valence-electron chi connectivity index (χ0n) is 14.1. The lowest BCUT2D eigenvalue weighted by molar-refractivity contribution is -0.203. The van der Waals surface area contributed by atoms with Gasteiger partial charge >= 0.3 is 13.9 Å². The quantitative estimate of drug-likeness (QED) is 0.706. The van der Waals surface area contributed by atoms with E-state index >= 15 is 4.39 Å². The minimum absolute atomic E-state index is 0.269. The average Bonchev–Trinajstić information content (AvgIpc) is 2.86. The molecule has 0 radical (unpaired) electrons. The van der Waals surface area contributed by atoms with E-state index in [-0.39, 0.29) is 5.75 Å². The number of H-pyrrole nitrogens is 1. The Morgan fingerprint density at radius 2 is 2.04 bits per heavy atom. The Kier molecular flexibility index (Phi) is 5.52. The number of alkyl halides is 1. The number of aromatic nitrogens is 2. The van der Waals surface area contributed by atoms with Crippen molar-refractivity contribution in [1.29, 1.82) is 0 Å². The van der Waals surface area contributed by atoms with Gasteiger partial charge in [0, 0.05) is 22.7 Å². The van der Waals surface area contributed by atoms with Crippen molar-refractivity contribution < 1.29 is 27.8 Å². The number of ether oxygens (including phenoxy) is 1. The maximum absolute atomic E-state index is 15.0. The Bertz CT molecular complexity index is 934. The molecule has 0 spiro atoms. The molecule has 0 aliphatic carbocycles. The van der Waals surface area contributed by atoms with Gasteiger partial charge in [-0.2, -0.15) is 0 Å². The second-order valence-corrected chi connectivity index (χ2v) is 6.91. The van der Waals surface area contributed by atoms with E-state index in [4.69, 9.17) is 13.8 Å². The summed E-state index contributed by atoms with van der Waals surface area (Å²) in [6.45, 7) is 0.587. The Balaban J connectivity index is 1.69. The monoisotopic (exact) mass is 399 g/mol. The van der Waals surface area contributed by atoms with Crippen LogP contribution in [0.2, 0.25) is 0 Å². The zero-order valence-corrected chi connectivity index (χ0v) is 15.0. The predicted octanol–water partition coefficient (Wildman–Crippen LogP) is 1.48. The van der Waals surface area contributed by atoms with E-state index in [1.54, 1.807) is 30.3 Å². The third kappa shape index (κ3) is 4.14. The fourth-order valence-corrected chi connectivity index (χ4v) is 3.35. The first-order valence-corrected chi connectivity index (χ1v) is 9.09. The van der Waals surface area contributed by atoms with Gasteiger partial charge in [0.1, 0.15) is 12.3 Å². The smallest absolute Gasteiger partial charge is 0.387 e. The Morgan fingerprint density at radius 3 is 2.70 bits per heavy atom. The van der Waals surface area contributed by atoms with Crippen molar-refractivity contribution in [3.8, 4) is 5.75 Å². The van der Waals surface area contributed by atoms with Crippen LogP contribution in [0.1, 0.15) is 13.2 Å². The number of para-hydroxylation sites is 1. The first kappa shape index (κ1) is 19.4. The van der Waals surface area contributed by atoms with Crippen LogP contribution in [0, 0.1) is 5.92 Å². The summed E-state index contributed by atoms with van der Waals surface area (Å²) in [5.41, 5.74) is -1.43. The molecule has 5 atom stereocenters. The van der Waals surface area contributed by atoms with Crippen LogP contribution in [0.25, 0.3) is 0 Å². The molecule has 2 aromatic rings. The molecule has 11 heteroatoms. The molecule has 1 saturated heterocycles. The molecular formula is C16H17FN2O7P+. The summed E-state index contributed by atoms with van der Waals surface area (Å²) in [4.78, 5) is 25.1. The van der Waals surface area contributed by atoms with Crippen LogP contribution in [-0.2, 0) is 13.8 Å². The Morgan fingerprint density at radius 1 is 1.33 bits per heavy atom. The number of halogens is 1. The largest absolute Gasteiger partial charge is 0.750 e. The van der Waals surface area contributed by atoms with Gasteiger partial charge in [0.15, 0.2) is 12.4 Å². The standard InChI is InChI=1S/C16H16FN2O7P/c1-10-13(21)16(17,9-24-27(23)26-11-5-3-2-4-6-11)25-14(10)19-8-7-12(20)18-15(19)22/h2-8,10,13-14,21H,9H2,1H3/p+1. The molecular weight excluding hydrogens is 382 g/mol. The first-order chi connectivity index (χ1) is 12.8. The van der Waals surface area contributed by atoms with E-state index in [0.29, 0.717) is 0 Å². The lowest BCUT2D eigenvalue weighted by Crippen LogP contribution is -2.40. The molecule has 2 N–H and O–H groups in total. The summed E-state index contributed by atoms with van der Waals surface area (Å²) >= 11 is 0. The maximum Gasteiger partial charge on any atom is 0.750 e. The zero-order chi connectivity index (χ0) is 19.6. The molecule has 9 nitrogen and oxygen atoms in total. The van der Waals surface area contributed by atoms with Gasteiger partial charge in [-0.05, 0) is 12.1 Å². The normalized spacial score (nSPS) is 28.1. The lowest BCUT2D eigenvalue weighted by atomic mass is 10.0. The van der Waals surface area contributed by atoms with E-state index in [1.165, 1.54) is 6.92 Å². The topological polar surface area (TPSA) is 120 Å². The van der Waals surface area contributed by atoms with Crippen LogP contribution >= 0.6 is 8.25 Å². The molecule has 1 aliphatic heterocycles. The van der Waals surface area contributed by atoms with Gasteiger partial charge in [-0.3, -0.25) is 14.3 Å². The fourth-order valence-electron chi connectivity index (χ4n) is 2.72. The highest BCUT2D eigenvalue weighted by molar-refractivity contribution is 7.33. The molecule has 1 aromatic carbocycles. The molecule has 27 heavy (non-hydrogen) atoms. The Labute approximate surface area is 153 Å². The summed E-state index contributed by atoms with van der Waals surface area (Å²) in [5.74, 6) is -3.30. The predicted molar refractivity (Wildman–Crippen MR) is 91.1 cm³/mol. The first-order valence-electron chi connectivity index (χ1n) is 7.99. The van der Waals surface area contributed by atoms with E-state index in [2.05, 4.69) is 0 Å². The molecule has 2 heterocycles. The SMILES string of the molecule is CC1C(n2ccc(=O)[nH]c2=O)OC(F)(CO[P+](=O)Oc2ccccc2)C1O. The molecule has 1 fully saturated rings. The van der Waals surface area contributed by atoms with E-state index in [9.17, 15) is 19.3 Å². The van der Waals surface area contributed by atoms with Gasteiger partial charge in [0.25, 0.3) is 11.4 Å². The van der Waals surface area contributed by atoms with E-state index in [0.717, 1.165) is 16.8 Å². The molecule has 0 amide bonds. The molecule has 0 bridgehead atoms. The van der Waals surface area contributed by atoms with Gasteiger partial charge in [0.2, 0.25) is 0 Å². The summed E-state index contributed by atoms with van der Waals surface area (Å²) in [5, 5.41) is 10.2. The highest BCUT2D eigenvalue weighted by Crippen LogP contribution is 2.43. The van der Waals surface area contributed by atoms with Gasteiger partial charge in [-0.15, -0.1) is 4.52 Å². The van der Waals surface area contributed by atoms with Crippen LogP contribution in [0.5, 0.6) is 5.75 Å². The molecule has 5 unspecified atom stereocenters. The van der Waals surface area contributed by atoms with Crippen molar-refractivity contribution in [1.82, 2.24) is 9.55 Å².